The third kappa shape index (κ3) is 3.52. The molecule has 2 heteroatoms. The van der Waals surface area contributed by atoms with Crippen LogP contribution < -0.4 is 9.80 Å². The van der Waals surface area contributed by atoms with Crippen molar-refractivity contribution in [1.29, 1.82) is 0 Å². The standard InChI is InChI=1S/C26H28N2/c1-3-11-25-23(7-1)9-5-17-27(25)19-21-13-15-22(16-14-21)20-28-18-6-10-24-8-2-4-12-26(24)28/h1-4,7-8,11-16H,5-6,9-10,17-20H2. The number of benzene rings is 3. The summed E-state index contributed by atoms with van der Waals surface area (Å²) < 4.78 is 0. The lowest BCUT2D eigenvalue weighted by molar-refractivity contribution is 0.687. The van der Waals surface area contributed by atoms with Crippen molar-refractivity contribution in [2.45, 2.75) is 38.8 Å². The molecule has 0 atom stereocenters. The van der Waals surface area contributed by atoms with Crippen LogP contribution in [0.25, 0.3) is 0 Å². The molecule has 0 unspecified atom stereocenters. The van der Waals surface area contributed by atoms with Crippen LogP contribution in [0.1, 0.15) is 35.1 Å². The summed E-state index contributed by atoms with van der Waals surface area (Å²) in [5.41, 5.74) is 8.63. The van der Waals surface area contributed by atoms with Gasteiger partial charge in [0.15, 0.2) is 0 Å². The highest BCUT2D eigenvalue weighted by Crippen LogP contribution is 2.29. The van der Waals surface area contributed by atoms with Crippen LogP contribution in [0, 0.1) is 0 Å². The predicted octanol–water partition coefficient (Wildman–Crippen LogP) is 5.59. The van der Waals surface area contributed by atoms with Crippen LogP contribution in [-0.4, -0.2) is 13.1 Å². The normalized spacial score (nSPS) is 15.9. The van der Waals surface area contributed by atoms with E-state index in [0.717, 1.165) is 26.2 Å². The van der Waals surface area contributed by atoms with E-state index in [0.29, 0.717) is 0 Å². The van der Waals surface area contributed by atoms with E-state index < -0.39 is 0 Å². The maximum atomic E-state index is 2.54. The van der Waals surface area contributed by atoms with Crippen molar-refractivity contribution in [3.8, 4) is 0 Å². The van der Waals surface area contributed by atoms with Gasteiger partial charge in [-0.3, -0.25) is 0 Å². The van der Waals surface area contributed by atoms with Gasteiger partial charge in [-0.25, -0.2) is 0 Å². The average molecular weight is 369 g/mol. The van der Waals surface area contributed by atoms with Gasteiger partial charge in [0.1, 0.15) is 0 Å². The summed E-state index contributed by atoms with van der Waals surface area (Å²) in [7, 11) is 0. The van der Waals surface area contributed by atoms with E-state index in [4.69, 9.17) is 0 Å². The first-order chi connectivity index (χ1) is 13.9. The first-order valence-electron chi connectivity index (χ1n) is 10.6. The number of para-hydroxylation sites is 2. The summed E-state index contributed by atoms with van der Waals surface area (Å²) in [6.45, 7) is 4.32. The van der Waals surface area contributed by atoms with Gasteiger partial charge in [0, 0.05) is 37.6 Å². The molecule has 0 radical (unpaired) electrons. The zero-order valence-corrected chi connectivity index (χ0v) is 16.5. The molecule has 0 spiro atoms. The van der Waals surface area contributed by atoms with Crippen molar-refractivity contribution >= 4 is 11.4 Å². The molecule has 2 heterocycles. The van der Waals surface area contributed by atoms with E-state index in [-0.39, 0.29) is 0 Å². The highest BCUT2D eigenvalue weighted by molar-refractivity contribution is 5.57. The van der Waals surface area contributed by atoms with Crippen LogP contribution in [0.2, 0.25) is 0 Å². The summed E-state index contributed by atoms with van der Waals surface area (Å²) in [6.07, 6.45) is 4.93. The lowest BCUT2D eigenvalue weighted by Gasteiger charge is -2.32. The Bertz CT molecular complexity index is 866. The Labute approximate surface area is 168 Å². The molecular weight excluding hydrogens is 340 g/mol. The van der Waals surface area contributed by atoms with Gasteiger partial charge in [-0.1, -0.05) is 60.7 Å². The van der Waals surface area contributed by atoms with Crippen molar-refractivity contribution in [3.05, 3.63) is 95.1 Å². The van der Waals surface area contributed by atoms with Crippen LogP contribution in [0.15, 0.2) is 72.8 Å². The molecule has 2 aliphatic rings. The minimum absolute atomic E-state index is 1.00. The number of fused-ring (bicyclic) bond motifs is 2. The Hall–Kier alpha value is -2.74. The van der Waals surface area contributed by atoms with Crippen molar-refractivity contribution in [3.63, 3.8) is 0 Å². The fourth-order valence-electron chi connectivity index (χ4n) is 4.74. The molecule has 5 rings (SSSR count). The summed E-state index contributed by atoms with van der Waals surface area (Å²) in [4.78, 5) is 5.07. The number of hydrogen-bond donors (Lipinski definition) is 0. The Morgan fingerprint density at radius 1 is 0.536 bits per heavy atom. The number of nitrogens with zero attached hydrogens (tertiary/aromatic N) is 2. The molecule has 0 fully saturated rings. The number of rotatable bonds is 4. The van der Waals surface area contributed by atoms with Gasteiger partial charge in [0.25, 0.3) is 0 Å². The van der Waals surface area contributed by atoms with E-state index in [1.165, 1.54) is 59.3 Å². The van der Waals surface area contributed by atoms with E-state index in [2.05, 4.69) is 82.6 Å². The van der Waals surface area contributed by atoms with Crippen molar-refractivity contribution in [2.24, 2.45) is 0 Å². The maximum absolute atomic E-state index is 2.54. The van der Waals surface area contributed by atoms with E-state index >= 15 is 0 Å². The molecule has 142 valence electrons. The molecule has 2 aliphatic heterocycles. The van der Waals surface area contributed by atoms with Crippen LogP contribution in [-0.2, 0) is 25.9 Å². The molecule has 28 heavy (non-hydrogen) atoms. The van der Waals surface area contributed by atoms with E-state index in [9.17, 15) is 0 Å². The second-order valence-electron chi connectivity index (χ2n) is 8.12. The third-order valence-electron chi connectivity index (χ3n) is 6.18. The molecule has 0 saturated heterocycles. The fraction of sp³-hybridized carbons (Fsp3) is 0.308. The first kappa shape index (κ1) is 17.4. The third-order valence-corrected chi connectivity index (χ3v) is 6.18. The molecule has 3 aromatic carbocycles. The maximum Gasteiger partial charge on any atom is 0.0429 e. The van der Waals surface area contributed by atoms with Gasteiger partial charge in [-0.05, 0) is 60.1 Å². The molecule has 0 bridgehead atoms. The Kier molecular flexibility index (Phi) is 4.78. The summed E-state index contributed by atoms with van der Waals surface area (Å²) >= 11 is 0. The Balaban J connectivity index is 1.29. The van der Waals surface area contributed by atoms with E-state index in [1.54, 1.807) is 0 Å². The van der Waals surface area contributed by atoms with Gasteiger partial charge in [-0.2, -0.15) is 0 Å². The summed E-state index contributed by atoms with van der Waals surface area (Å²) in [5.74, 6) is 0. The second-order valence-corrected chi connectivity index (χ2v) is 8.12. The molecule has 3 aromatic rings. The average Bonchev–Trinajstić information content (AvgIpc) is 2.76. The largest absolute Gasteiger partial charge is 0.367 e. The summed E-state index contributed by atoms with van der Waals surface area (Å²) in [6, 6.07) is 27.0. The van der Waals surface area contributed by atoms with Gasteiger partial charge in [0.05, 0.1) is 0 Å². The van der Waals surface area contributed by atoms with Gasteiger partial charge >= 0.3 is 0 Å². The molecular formula is C26H28N2. The van der Waals surface area contributed by atoms with Gasteiger partial charge in [0.2, 0.25) is 0 Å². The fourth-order valence-corrected chi connectivity index (χ4v) is 4.74. The minimum atomic E-state index is 1.00. The second kappa shape index (κ2) is 7.71. The molecule has 2 nitrogen and oxygen atoms in total. The lowest BCUT2D eigenvalue weighted by Crippen LogP contribution is -2.29. The molecule has 0 saturated carbocycles. The highest BCUT2D eigenvalue weighted by atomic mass is 15.1. The zero-order valence-electron chi connectivity index (χ0n) is 16.5. The quantitative estimate of drug-likeness (QED) is 0.592. The summed E-state index contributed by atoms with van der Waals surface area (Å²) in [5, 5.41) is 0. The Morgan fingerprint density at radius 3 is 1.43 bits per heavy atom. The molecule has 0 amide bonds. The smallest absolute Gasteiger partial charge is 0.0429 e. The van der Waals surface area contributed by atoms with Crippen LogP contribution in [0.4, 0.5) is 11.4 Å². The van der Waals surface area contributed by atoms with E-state index in [1.807, 2.05) is 0 Å². The molecule has 0 N–H and O–H groups in total. The monoisotopic (exact) mass is 368 g/mol. The number of hydrogen-bond acceptors (Lipinski definition) is 2. The van der Waals surface area contributed by atoms with Crippen LogP contribution >= 0.6 is 0 Å². The predicted molar refractivity (Wildman–Crippen MR) is 118 cm³/mol. The topological polar surface area (TPSA) is 6.48 Å². The molecule has 0 aliphatic carbocycles. The molecule has 0 aromatic heterocycles. The SMILES string of the molecule is c1ccc2c(c1)CCCN2Cc1ccc(CN2CCCc3ccccc32)cc1. The van der Waals surface area contributed by atoms with Crippen LogP contribution in [0.5, 0.6) is 0 Å². The zero-order chi connectivity index (χ0) is 18.8. The van der Waals surface area contributed by atoms with Crippen LogP contribution in [0.3, 0.4) is 0 Å². The van der Waals surface area contributed by atoms with Crippen molar-refractivity contribution < 1.29 is 0 Å². The van der Waals surface area contributed by atoms with Crippen molar-refractivity contribution in [2.75, 3.05) is 22.9 Å². The number of aryl methyl sites for hydroxylation is 2. The lowest BCUT2D eigenvalue weighted by atomic mass is 10.00. The minimum Gasteiger partial charge on any atom is -0.367 e. The highest BCUT2D eigenvalue weighted by Gasteiger charge is 2.18. The van der Waals surface area contributed by atoms with Crippen molar-refractivity contribution in [1.82, 2.24) is 0 Å². The Morgan fingerprint density at radius 2 is 0.964 bits per heavy atom. The first-order valence-corrected chi connectivity index (χ1v) is 10.6. The van der Waals surface area contributed by atoms with Gasteiger partial charge < -0.3 is 9.80 Å². The van der Waals surface area contributed by atoms with Gasteiger partial charge in [-0.15, -0.1) is 0 Å². The number of anilines is 2.